The zero-order valence-corrected chi connectivity index (χ0v) is 18.7. The van der Waals surface area contributed by atoms with Crippen LogP contribution < -0.4 is 9.47 Å². The molecule has 3 rings (SSSR count). The number of amidine groups is 1. The number of ether oxygens (including phenoxy) is 2. The summed E-state index contributed by atoms with van der Waals surface area (Å²) in [6.07, 6.45) is 1.68. The van der Waals surface area contributed by atoms with E-state index in [1.165, 1.54) is 24.1 Å². The van der Waals surface area contributed by atoms with Gasteiger partial charge in [0.1, 0.15) is 0 Å². The van der Waals surface area contributed by atoms with Crippen molar-refractivity contribution in [3.8, 4) is 11.5 Å². The van der Waals surface area contributed by atoms with Crippen LogP contribution in [-0.2, 0) is 14.8 Å². The van der Waals surface area contributed by atoms with E-state index in [1.807, 2.05) is 6.92 Å². The number of thioether (sulfide) groups is 1. The number of hydrogen-bond acceptors (Lipinski definition) is 6. The van der Waals surface area contributed by atoms with Gasteiger partial charge in [-0.25, -0.2) is 0 Å². The van der Waals surface area contributed by atoms with E-state index in [0.29, 0.717) is 22.9 Å². The third-order valence-corrected chi connectivity index (χ3v) is 6.83. The summed E-state index contributed by atoms with van der Waals surface area (Å²) in [7, 11) is -0.858. The number of rotatable bonds is 6. The molecule has 30 heavy (non-hydrogen) atoms. The molecule has 0 N–H and O–H groups in total. The van der Waals surface area contributed by atoms with Crippen LogP contribution in [0.2, 0.25) is 0 Å². The van der Waals surface area contributed by atoms with Gasteiger partial charge in [-0.3, -0.25) is 9.69 Å². The maximum absolute atomic E-state index is 12.8. The molecule has 0 radical (unpaired) electrons. The predicted octanol–water partition coefficient (Wildman–Crippen LogP) is 3.69. The number of carbonyl (C=O) groups is 1. The maximum Gasteiger partial charge on any atom is 0.284 e. The fourth-order valence-electron chi connectivity index (χ4n) is 2.81. The molecule has 1 heterocycles. The minimum atomic E-state index is -3.93. The summed E-state index contributed by atoms with van der Waals surface area (Å²) in [5, 5.41) is 0.134. The first-order valence-corrected chi connectivity index (χ1v) is 11.4. The molecule has 1 aliphatic rings. The van der Waals surface area contributed by atoms with Crippen LogP contribution in [0, 0.1) is 6.92 Å². The number of benzene rings is 2. The lowest BCUT2D eigenvalue weighted by atomic mass is 10.2. The monoisotopic (exact) mass is 446 g/mol. The summed E-state index contributed by atoms with van der Waals surface area (Å²) in [5.74, 6) is 0.812. The number of methoxy groups -OCH3 is 2. The van der Waals surface area contributed by atoms with Gasteiger partial charge in [-0.1, -0.05) is 23.8 Å². The van der Waals surface area contributed by atoms with Crippen molar-refractivity contribution in [1.82, 2.24) is 4.90 Å². The number of hydrogen-bond donors (Lipinski definition) is 0. The second kappa shape index (κ2) is 8.93. The Labute approximate surface area is 180 Å². The van der Waals surface area contributed by atoms with Crippen LogP contribution in [0.15, 0.2) is 56.7 Å². The first kappa shape index (κ1) is 21.9. The number of nitrogens with zero attached hydrogens (tertiary/aromatic N) is 2. The second-order valence-electron chi connectivity index (χ2n) is 6.44. The Hall–Kier alpha value is -2.78. The lowest BCUT2D eigenvalue weighted by Gasteiger charge is -2.12. The zero-order chi connectivity index (χ0) is 21.9. The van der Waals surface area contributed by atoms with Gasteiger partial charge in [0.05, 0.1) is 24.0 Å². The van der Waals surface area contributed by atoms with E-state index in [4.69, 9.17) is 9.47 Å². The van der Waals surface area contributed by atoms with Gasteiger partial charge in [-0.2, -0.15) is 8.42 Å². The van der Waals surface area contributed by atoms with Crippen LogP contribution in [-0.4, -0.2) is 45.2 Å². The smallest absolute Gasteiger partial charge is 0.284 e. The average molecular weight is 447 g/mol. The highest BCUT2D eigenvalue weighted by molar-refractivity contribution is 8.19. The van der Waals surface area contributed by atoms with Crippen molar-refractivity contribution in [3.05, 3.63) is 58.5 Å². The van der Waals surface area contributed by atoms with E-state index >= 15 is 0 Å². The molecule has 9 heteroatoms. The van der Waals surface area contributed by atoms with Gasteiger partial charge >= 0.3 is 0 Å². The van der Waals surface area contributed by atoms with Crippen molar-refractivity contribution in [1.29, 1.82) is 0 Å². The summed E-state index contributed by atoms with van der Waals surface area (Å²) < 4.78 is 39.9. The second-order valence-corrected chi connectivity index (χ2v) is 9.05. The molecule has 0 atom stereocenters. The van der Waals surface area contributed by atoms with Gasteiger partial charge in [0, 0.05) is 6.54 Å². The maximum atomic E-state index is 12.8. The molecule has 2 aromatic rings. The van der Waals surface area contributed by atoms with Gasteiger partial charge in [-0.15, -0.1) is 4.40 Å². The molecule has 1 saturated heterocycles. The molecule has 0 spiro atoms. The third-order valence-electron chi connectivity index (χ3n) is 4.43. The minimum absolute atomic E-state index is 0.0852. The van der Waals surface area contributed by atoms with Gasteiger partial charge in [0.2, 0.25) is 0 Å². The van der Waals surface area contributed by atoms with E-state index in [0.717, 1.165) is 22.9 Å². The predicted molar refractivity (Wildman–Crippen MR) is 118 cm³/mol. The van der Waals surface area contributed by atoms with Crippen LogP contribution in [0.3, 0.4) is 0 Å². The topological polar surface area (TPSA) is 85.3 Å². The standard InChI is InChI=1S/C21H22N2O5S2/c1-5-23-20(24)19(13-15-8-11-17(27-3)18(12-15)28-4)29-21(23)22-30(25,26)16-9-6-14(2)7-10-16/h6-13H,5H2,1-4H3/b19-13+,22-21-. The first-order valence-electron chi connectivity index (χ1n) is 9.14. The molecule has 7 nitrogen and oxygen atoms in total. The molecule has 1 amide bonds. The molecular weight excluding hydrogens is 424 g/mol. The fourth-order valence-corrected chi connectivity index (χ4v) is 5.06. The van der Waals surface area contributed by atoms with Crippen molar-refractivity contribution >= 4 is 38.9 Å². The summed E-state index contributed by atoms with van der Waals surface area (Å²) in [5.41, 5.74) is 1.67. The van der Waals surface area contributed by atoms with Crippen molar-refractivity contribution < 1.29 is 22.7 Å². The number of amides is 1. The molecular formula is C21H22N2O5S2. The van der Waals surface area contributed by atoms with Crippen LogP contribution in [0.25, 0.3) is 6.08 Å². The van der Waals surface area contributed by atoms with Crippen LogP contribution >= 0.6 is 11.8 Å². The highest BCUT2D eigenvalue weighted by Gasteiger charge is 2.34. The molecule has 2 aromatic carbocycles. The Kier molecular flexibility index (Phi) is 6.52. The molecule has 0 unspecified atom stereocenters. The third kappa shape index (κ3) is 4.52. The Morgan fingerprint density at radius 3 is 2.33 bits per heavy atom. The summed E-state index contributed by atoms with van der Waals surface area (Å²) >= 11 is 1.03. The highest BCUT2D eigenvalue weighted by Crippen LogP contribution is 2.35. The number of sulfonamides is 1. The van der Waals surface area contributed by atoms with Gasteiger partial charge < -0.3 is 9.47 Å². The fraction of sp³-hybridized carbons (Fsp3) is 0.238. The molecule has 158 valence electrons. The molecule has 1 fully saturated rings. The lowest BCUT2D eigenvalue weighted by molar-refractivity contribution is -0.122. The zero-order valence-electron chi connectivity index (χ0n) is 17.1. The van der Waals surface area contributed by atoms with E-state index in [2.05, 4.69) is 4.40 Å². The van der Waals surface area contributed by atoms with E-state index < -0.39 is 10.0 Å². The van der Waals surface area contributed by atoms with Crippen molar-refractivity contribution in [2.75, 3.05) is 20.8 Å². The number of carbonyl (C=O) groups excluding carboxylic acids is 1. The Balaban J connectivity index is 1.96. The Morgan fingerprint density at radius 1 is 1.07 bits per heavy atom. The largest absolute Gasteiger partial charge is 0.493 e. The molecule has 0 bridgehead atoms. The summed E-state index contributed by atoms with van der Waals surface area (Å²) in [4.78, 5) is 14.6. The molecule has 0 saturated carbocycles. The van der Waals surface area contributed by atoms with E-state index in [-0.39, 0.29) is 16.0 Å². The van der Waals surface area contributed by atoms with E-state index in [1.54, 1.807) is 50.4 Å². The van der Waals surface area contributed by atoms with Crippen molar-refractivity contribution in [2.24, 2.45) is 4.40 Å². The van der Waals surface area contributed by atoms with Crippen LogP contribution in [0.5, 0.6) is 11.5 Å². The lowest BCUT2D eigenvalue weighted by Crippen LogP contribution is -2.29. The van der Waals surface area contributed by atoms with Crippen molar-refractivity contribution in [2.45, 2.75) is 18.7 Å². The van der Waals surface area contributed by atoms with Crippen molar-refractivity contribution in [3.63, 3.8) is 0 Å². The number of aryl methyl sites for hydroxylation is 1. The first-order chi connectivity index (χ1) is 14.3. The van der Waals surface area contributed by atoms with Crippen LogP contribution in [0.4, 0.5) is 0 Å². The Morgan fingerprint density at radius 2 is 1.73 bits per heavy atom. The average Bonchev–Trinajstić information content (AvgIpc) is 3.01. The summed E-state index contributed by atoms with van der Waals surface area (Å²) in [6, 6.07) is 11.7. The quantitative estimate of drug-likeness (QED) is 0.629. The van der Waals surface area contributed by atoms with E-state index in [9.17, 15) is 13.2 Å². The molecule has 0 aromatic heterocycles. The Bertz CT molecular complexity index is 1120. The van der Waals surface area contributed by atoms with Gasteiger partial charge in [0.25, 0.3) is 15.9 Å². The molecule has 0 aliphatic carbocycles. The minimum Gasteiger partial charge on any atom is -0.493 e. The normalized spacial score (nSPS) is 17.1. The highest BCUT2D eigenvalue weighted by atomic mass is 32.2. The summed E-state index contributed by atoms with van der Waals surface area (Å²) in [6.45, 7) is 3.95. The number of likely N-dealkylation sites (N-methyl/N-ethyl adjacent to an activating group) is 1. The van der Waals surface area contributed by atoms with Gasteiger partial charge in [0.15, 0.2) is 16.7 Å². The van der Waals surface area contributed by atoms with Crippen LogP contribution in [0.1, 0.15) is 18.1 Å². The SMILES string of the molecule is CCN1C(=O)/C(=C\c2ccc(OC)c(OC)c2)S/C1=N\S(=O)(=O)c1ccc(C)cc1. The molecule has 1 aliphatic heterocycles. The van der Waals surface area contributed by atoms with Gasteiger partial charge in [-0.05, 0) is 61.5 Å².